The summed E-state index contributed by atoms with van der Waals surface area (Å²) in [5, 5.41) is 1.32. The number of ketones is 1. The van der Waals surface area contributed by atoms with Crippen molar-refractivity contribution in [3.63, 3.8) is 0 Å². The maximum Gasteiger partial charge on any atom is 0.163 e. The molecule has 3 heteroatoms. The molecule has 0 saturated heterocycles. The fraction of sp³-hybridized carbons (Fsp3) is 0.571. The van der Waals surface area contributed by atoms with Gasteiger partial charge in [0.05, 0.1) is 0 Å². The number of aromatic nitrogens is 1. The van der Waals surface area contributed by atoms with E-state index in [1.165, 1.54) is 34.9 Å². The Kier molecular flexibility index (Phi) is 5.40. The van der Waals surface area contributed by atoms with Crippen molar-refractivity contribution in [2.75, 3.05) is 13.1 Å². The van der Waals surface area contributed by atoms with E-state index in [1.807, 2.05) is 6.07 Å². The number of nitrogens with one attached hydrogen (secondary N) is 1. The van der Waals surface area contributed by atoms with Crippen LogP contribution in [0.1, 0.15) is 67.9 Å². The van der Waals surface area contributed by atoms with Crippen molar-refractivity contribution in [3.8, 4) is 0 Å². The lowest BCUT2D eigenvalue weighted by molar-refractivity contribution is 0.0980. The quantitative estimate of drug-likeness (QED) is 0.711. The lowest BCUT2D eigenvalue weighted by Gasteiger charge is -2.34. The van der Waals surface area contributed by atoms with Crippen LogP contribution in [0.3, 0.4) is 0 Å². The second kappa shape index (κ2) is 7.52. The van der Waals surface area contributed by atoms with Crippen LogP contribution in [0.2, 0.25) is 0 Å². The minimum atomic E-state index is 0.305. The van der Waals surface area contributed by atoms with Crippen molar-refractivity contribution >= 4 is 16.7 Å². The number of nitrogens with zero attached hydrogens (tertiary/aromatic N) is 1. The van der Waals surface area contributed by atoms with Crippen LogP contribution < -0.4 is 0 Å². The van der Waals surface area contributed by atoms with E-state index in [1.54, 1.807) is 0 Å². The molecular weight excluding hydrogens is 296 g/mol. The number of hydrogen-bond acceptors (Lipinski definition) is 2. The number of carbonyl (C=O) groups is 1. The molecule has 1 heterocycles. The van der Waals surface area contributed by atoms with Gasteiger partial charge in [-0.15, -0.1) is 0 Å². The van der Waals surface area contributed by atoms with Crippen LogP contribution in [0.25, 0.3) is 10.9 Å². The number of benzene rings is 1. The topological polar surface area (TPSA) is 36.1 Å². The molecule has 1 aromatic heterocycles. The smallest absolute Gasteiger partial charge is 0.163 e. The summed E-state index contributed by atoms with van der Waals surface area (Å²) >= 11 is 0. The van der Waals surface area contributed by atoms with Crippen molar-refractivity contribution in [2.45, 2.75) is 65.3 Å². The fourth-order valence-electron chi connectivity index (χ4n) is 4.24. The predicted octanol–water partition coefficient (Wildman–Crippen LogP) is 4.74. The Balaban J connectivity index is 2.00. The monoisotopic (exact) mass is 326 g/mol. The highest BCUT2D eigenvalue weighted by Crippen LogP contribution is 2.34. The fourth-order valence-corrected chi connectivity index (χ4v) is 4.24. The van der Waals surface area contributed by atoms with Crippen LogP contribution in [-0.2, 0) is 12.8 Å². The molecule has 0 spiro atoms. The van der Waals surface area contributed by atoms with Crippen molar-refractivity contribution in [1.29, 1.82) is 0 Å². The zero-order chi connectivity index (χ0) is 17.1. The molecule has 2 aromatic rings. The molecule has 3 rings (SSSR count). The highest BCUT2D eigenvalue weighted by Gasteiger charge is 2.28. The average molecular weight is 326 g/mol. The number of rotatable bonds is 8. The number of carbonyl (C=O) groups excluding carboxylic acids is 1. The van der Waals surface area contributed by atoms with E-state index in [0.29, 0.717) is 18.2 Å². The summed E-state index contributed by atoms with van der Waals surface area (Å²) < 4.78 is 0. The maximum atomic E-state index is 12.6. The number of hydrogen-bond donors (Lipinski definition) is 1. The number of H-pyrrole nitrogens is 1. The van der Waals surface area contributed by atoms with Crippen molar-refractivity contribution in [3.05, 3.63) is 35.0 Å². The summed E-state index contributed by atoms with van der Waals surface area (Å²) in [5.41, 5.74) is 4.82. The zero-order valence-corrected chi connectivity index (χ0v) is 15.3. The molecule has 1 aliphatic rings. The first-order valence-electron chi connectivity index (χ1n) is 9.58. The van der Waals surface area contributed by atoms with Crippen molar-refractivity contribution in [1.82, 2.24) is 9.88 Å². The SMILES string of the molecule is CCCC(=O)c1ccc2[nH]cc3c2c1CC(N(CCC)CCC)C3. The van der Waals surface area contributed by atoms with E-state index >= 15 is 0 Å². The third kappa shape index (κ3) is 3.14. The first kappa shape index (κ1) is 17.2. The molecule has 130 valence electrons. The summed E-state index contributed by atoms with van der Waals surface area (Å²) in [4.78, 5) is 18.7. The first-order valence-corrected chi connectivity index (χ1v) is 9.58. The second-order valence-corrected chi connectivity index (χ2v) is 7.10. The Morgan fingerprint density at radius 1 is 1.12 bits per heavy atom. The van der Waals surface area contributed by atoms with Crippen molar-refractivity contribution in [2.24, 2.45) is 0 Å². The average Bonchev–Trinajstić information content (AvgIpc) is 2.99. The van der Waals surface area contributed by atoms with E-state index in [4.69, 9.17) is 0 Å². The summed E-state index contributed by atoms with van der Waals surface area (Å²) in [6, 6.07) is 4.65. The van der Waals surface area contributed by atoms with E-state index in [9.17, 15) is 4.79 Å². The van der Waals surface area contributed by atoms with Gasteiger partial charge in [0.2, 0.25) is 0 Å². The number of Topliss-reactive ketones (excluding diaryl/α,β-unsaturated/α-hetero) is 1. The standard InChI is InChI=1S/C21H30N2O/c1-4-7-20(24)17-8-9-19-21-15(14-22-19)12-16(13-18(17)21)23(10-5-2)11-6-3/h8-9,14,16,22H,4-7,10-13H2,1-3H3. The third-order valence-corrected chi connectivity index (χ3v) is 5.25. The lowest BCUT2D eigenvalue weighted by atomic mass is 9.84. The molecule has 0 bridgehead atoms. The lowest BCUT2D eigenvalue weighted by Crippen LogP contribution is -2.41. The largest absolute Gasteiger partial charge is 0.361 e. The Morgan fingerprint density at radius 2 is 1.88 bits per heavy atom. The third-order valence-electron chi connectivity index (χ3n) is 5.25. The molecule has 0 radical (unpaired) electrons. The summed E-state index contributed by atoms with van der Waals surface area (Å²) in [6.07, 6.45) is 8.19. The molecule has 0 saturated carbocycles. The molecular formula is C21H30N2O. The highest BCUT2D eigenvalue weighted by molar-refractivity contribution is 6.03. The van der Waals surface area contributed by atoms with Crippen LogP contribution in [0.5, 0.6) is 0 Å². The van der Waals surface area contributed by atoms with Gasteiger partial charge in [0, 0.05) is 35.1 Å². The van der Waals surface area contributed by atoms with Gasteiger partial charge in [-0.3, -0.25) is 9.69 Å². The van der Waals surface area contributed by atoms with Crippen LogP contribution in [0.15, 0.2) is 18.3 Å². The van der Waals surface area contributed by atoms with Gasteiger partial charge in [0.25, 0.3) is 0 Å². The van der Waals surface area contributed by atoms with Gasteiger partial charge in [-0.05, 0) is 68.5 Å². The summed E-state index contributed by atoms with van der Waals surface area (Å²) in [6.45, 7) is 8.88. The summed E-state index contributed by atoms with van der Waals surface area (Å²) in [5.74, 6) is 0.305. The predicted molar refractivity (Wildman–Crippen MR) is 101 cm³/mol. The Hall–Kier alpha value is -1.61. The van der Waals surface area contributed by atoms with E-state index < -0.39 is 0 Å². The van der Waals surface area contributed by atoms with Gasteiger partial charge >= 0.3 is 0 Å². The molecule has 1 unspecified atom stereocenters. The van der Waals surface area contributed by atoms with Gasteiger partial charge in [-0.1, -0.05) is 20.8 Å². The normalized spacial score (nSPS) is 16.9. The molecule has 1 N–H and O–H groups in total. The molecule has 24 heavy (non-hydrogen) atoms. The van der Waals surface area contributed by atoms with Crippen LogP contribution in [0.4, 0.5) is 0 Å². The molecule has 1 atom stereocenters. The second-order valence-electron chi connectivity index (χ2n) is 7.10. The van der Waals surface area contributed by atoms with E-state index in [-0.39, 0.29) is 0 Å². The Morgan fingerprint density at radius 3 is 2.54 bits per heavy atom. The maximum absolute atomic E-state index is 12.6. The minimum absolute atomic E-state index is 0.305. The van der Waals surface area contributed by atoms with E-state index in [2.05, 4.69) is 42.9 Å². The molecule has 3 nitrogen and oxygen atoms in total. The molecule has 0 fully saturated rings. The molecule has 1 aromatic carbocycles. The van der Waals surface area contributed by atoms with E-state index in [0.717, 1.165) is 37.9 Å². The van der Waals surface area contributed by atoms with Gasteiger partial charge in [-0.25, -0.2) is 0 Å². The van der Waals surface area contributed by atoms with Gasteiger partial charge in [-0.2, -0.15) is 0 Å². The first-order chi connectivity index (χ1) is 11.7. The van der Waals surface area contributed by atoms with Gasteiger partial charge in [0.15, 0.2) is 5.78 Å². The Labute approximate surface area is 145 Å². The van der Waals surface area contributed by atoms with Crippen LogP contribution in [0, 0.1) is 0 Å². The number of aromatic amines is 1. The highest BCUT2D eigenvalue weighted by atomic mass is 16.1. The molecule has 1 aliphatic carbocycles. The minimum Gasteiger partial charge on any atom is -0.361 e. The van der Waals surface area contributed by atoms with Crippen LogP contribution in [-0.4, -0.2) is 34.8 Å². The summed E-state index contributed by atoms with van der Waals surface area (Å²) in [7, 11) is 0. The molecule has 0 amide bonds. The zero-order valence-electron chi connectivity index (χ0n) is 15.3. The van der Waals surface area contributed by atoms with Crippen LogP contribution >= 0.6 is 0 Å². The van der Waals surface area contributed by atoms with Crippen molar-refractivity contribution < 1.29 is 4.79 Å². The van der Waals surface area contributed by atoms with Gasteiger partial charge < -0.3 is 4.98 Å². The van der Waals surface area contributed by atoms with Gasteiger partial charge in [0.1, 0.15) is 0 Å². The molecule has 0 aliphatic heterocycles. The Bertz CT molecular complexity index is 710.